The van der Waals surface area contributed by atoms with E-state index in [2.05, 4.69) is 0 Å². The monoisotopic (exact) mass is 478 g/mol. The van der Waals surface area contributed by atoms with Crippen molar-refractivity contribution in [3.63, 3.8) is 0 Å². The maximum absolute atomic E-state index is 10.6. The molecular formula is C21H30CrO9. The van der Waals surface area contributed by atoms with Crippen LogP contribution in [0.4, 0.5) is 0 Å². The van der Waals surface area contributed by atoms with Crippen LogP contribution in [-0.4, -0.2) is 52.0 Å². The SMILES string of the molecule is CC(=O)C(C(C)=O)C(C)=O.CC(=O)C(C(C)=O)C(C)=O.CC(=O)C(C(C)=O)C(C)=O.[Cr]. The number of hydrogen-bond donors (Lipinski definition) is 0. The summed E-state index contributed by atoms with van der Waals surface area (Å²) in [5, 5.41) is 0. The van der Waals surface area contributed by atoms with Gasteiger partial charge in [-0.1, -0.05) is 0 Å². The largest absolute Gasteiger partial charge is 0.299 e. The molecule has 174 valence electrons. The average Bonchev–Trinajstić information content (AvgIpc) is 2.43. The summed E-state index contributed by atoms with van der Waals surface area (Å²) in [6.45, 7) is 11.2. The Hall–Kier alpha value is -2.44. The van der Waals surface area contributed by atoms with Gasteiger partial charge < -0.3 is 0 Å². The first-order chi connectivity index (χ1) is 13.4. The molecule has 0 bridgehead atoms. The van der Waals surface area contributed by atoms with E-state index in [-0.39, 0.29) is 69.4 Å². The van der Waals surface area contributed by atoms with Crippen LogP contribution in [-0.2, 0) is 60.5 Å². The molecule has 0 unspecified atom stereocenters. The summed E-state index contributed by atoms with van der Waals surface area (Å²) < 4.78 is 0. The van der Waals surface area contributed by atoms with E-state index in [4.69, 9.17) is 0 Å². The van der Waals surface area contributed by atoms with Crippen molar-refractivity contribution in [1.82, 2.24) is 0 Å². The van der Waals surface area contributed by atoms with Crippen LogP contribution in [0.1, 0.15) is 62.3 Å². The molecule has 0 amide bonds. The Kier molecular flexibility index (Phi) is 20.0. The van der Waals surface area contributed by atoms with Crippen molar-refractivity contribution in [2.75, 3.05) is 0 Å². The zero-order valence-electron chi connectivity index (χ0n) is 19.3. The van der Waals surface area contributed by atoms with Gasteiger partial charge >= 0.3 is 0 Å². The van der Waals surface area contributed by atoms with E-state index in [1.54, 1.807) is 0 Å². The van der Waals surface area contributed by atoms with E-state index in [0.29, 0.717) is 0 Å². The van der Waals surface area contributed by atoms with Crippen LogP contribution >= 0.6 is 0 Å². The third-order valence-corrected chi connectivity index (χ3v) is 3.66. The molecule has 0 rings (SSSR count). The zero-order valence-corrected chi connectivity index (χ0v) is 20.6. The third kappa shape index (κ3) is 16.0. The summed E-state index contributed by atoms with van der Waals surface area (Å²) in [5.41, 5.74) is 0. The van der Waals surface area contributed by atoms with Crippen LogP contribution in [0.3, 0.4) is 0 Å². The van der Waals surface area contributed by atoms with E-state index in [9.17, 15) is 43.2 Å². The summed E-state index contributed by atoms with van der Waals surface area (Å²) in [7, 11) is 0. The number of ketones is 9. The van der Waals surface area contributed by atoms with Crippen LogP contribution < -0.4 is 0 Å². The molecular weight excluding hydrogens is 448 g/mol. The van der Waals surface area contributed by atoms with Crippen molar-refractivity contribution < 1.29 is 60.5 Å². The second-order valence-electron chi connectivity index (χ2n) is 6.79. The minimum atomic E-state index is -1.03. The average molecular weight is 478 g/mol. The maximum Gasteiger partial charge on any atom is 0.147 e. The number of carbonyl (C=O) groups excluding carboxylic acids is 9. The van der Waals surface area contributed by atoms with Gasteiger partial charge in [0, 0.05) is 17.4 Å². The van der Waals surface area contributed by atoms with Crippen LogP contribution in [0, 0.1) is 17.8 Å². The second kappa shape index (κ2) is 17.3. The molecule has 0 aliphatic heterocycles. The summed E-state index contributed by atoms with van der Waals surface area (Å²) in [4.78, 5) is 95.3. The fourth-order valence-electron chi connectivity index (χ4n) is 2.58. The van der Waals surface area contributed by atoms with E-state index in [1.165, 1.54) is 62.3 Å². The third-order valence-electron chi connectivity index (χ3n) is 3.66. The van der Waals surface area contributed by atoms with Gasteiger partial charge in [0.25, 0.3) is 0 Å². The summed E-state index contributed by atoms with van der Waals surface area (Å²) in [6, 6.07) is 0. The minimum absolute atomic E-state index is 0. The van der Waals surface area contributed by atoms with Gasteiger partial charge in [-0.15, -0.1) is 0 Å². The molecule has 0 N–H and O–H groups in total. The smallest absolute Gasteiger partial charge is 0.147 e. The van der Waals surface area contributed by atoms with Gasteiger partial charge in [-0.2, -0.15) is 0 Å². The van der Waals surface area contributed by atoms with Gasteiger partial charge in [0.1, 0.15) is 69.8 Å². The van der Waals surface area contributed by atoms with Crippen molar-refractivity contribution in [3.05, 3.63) is 0 Å². The van der Waals surface area contributed by atoms with Gasteiger partial charge in [-0.3, -0.25) is 43.2 Å². The predicted molar refractivity (Wildman–Crippen MR) is 107 cm³/mol. The Labute approximate surface area is 192 Å². The Balaban J connectivity index is -0.000000174. The van der Waals surface area contributed by atoms with E-state index >= 15 is 0 Å². The first kappa shape index (κ1) is 36.0. The summed E-state index contributed by atoms with van der Waals surface area (Å²) >= 11 is 0. The molecule has 31 heavy (non-hydrogen) atoms. The molecule has 0 aromatic rings. The molecule has 0 spiro atoms. The fraction of sp³-hybridized carbons (Fsp3) is 0.571. The molecule has 0 aliphatic rings. The van der Waals surface area contributed by atoms with Crippen molar-refractivity contribution in [2.45, 2.75) is 62.3 Å². The Morgan fingerprint density at radius 2 is 0.355 bits per heavy atom. The minimum Gasteiger partial charge on any atom is -0.299 e. The quantitative estimate of drug-likeness (QED) is 0.443. The van der Waals surface area contributed by atoms with Crippen molar-refractivity contribution in [3.8, 4) is 0 Å². The standard InChI is InChI=1S/3C7H10O3.Cr/c3*1-4(8)7(5(2)9)6(3)10;/h3*7H,1-3H3;. The molecule has 0 aromatic carbocycles. The molecule has 9 nitrogen and oxygen atoms in total. The number of hydrogen-bond acceptors (Lipinski definition) is 9. The van der Waals surface area contributed by atoms with E-state index in [1.807, 2.05) is 0 Å². The molecule has 0 radical (unpaired) electrons. The molecule has 0 atom stereocenters. The van der Waals surface area contributed by atoms with E-state index in [0.717, 1.165) is 0 Å². The van der Waals surface area contributed by atoms with E-state index < -0.39 is 17.8 Å². The normalized spacial score (nSPS) is 9.29. The van der Waals surface area contributed by atoms with Crippen molar-refractivity contribution >= 4 is 52.0 Å². The van der Waals surface area contributed by atoms with Gasteiger partial charge in [0.15, 0.2) is 0 Å². The fourth-order valence-corrected chi connectivity index (χ4v) is 2.58. The maximum atomic E-state index is 10.6. The van der Waals surface area contributed by atoms with Gasteiger partial charge in [-0.05, 0) is 62.3 Å². The first-order valence-electron chi connectivity index (χ1n) is 8.94. The number of Topliss-reactive ketones (excluding diaryl/α,β-unsaturated/α-hetero) is 9. The Morgan fingerprint density at radius 3 is 0.355 bits per heavy atom. The molecule has 0 saturated carbocycles. The Morgan fingerprint density at radius 1 is 0.290 bits per heavy atom. The van der Waals surface area contributed by atoms with Crippen LogP contribution in [0.15, 0.2) is 0 Å². The summed E-state index contributed by atoms with van der Waals surface area (Å²) in [5.74, 6) is -6.46. The molecule has 0 heterocycles. The molecule has 0 fully saturated rings. The number of rotatable bonds is 9. The van der Waals surface area contributed by atoms with Crippen molar-refractivity contribution in [2.24, 2.45) is 17.8 Å². The summed E-state index contributed by atoms with van der Waals surface area (Å²) in [6.07, 6.45) is 0. The Bertz CT molecular complexity index is 550. The van der Waals surface area contributed by atoms with Gasteiger partial charge in [0.05, 0.1) is 0 Å². The van der Waals surface area contributed by atoms with Crippen LogP contribution in [0.25, 0.3) is 0 Å². The van der Waals surface area contributed by atoms with Crippen molar-refractivity contribution in [1.29, 1.82) is 0 Å². The predicted octanol–water partition coefficient (Wildman–Crippen LogP) is 1.11. The second-order valence-corrected chi connectivity index (χ2v) is 6.79. The zero-order chi connectivity index (χ0) is 24.9. The topological polar surface area (TPSA) is 154 Å². The molecule has 0 aliphatic carbocycles. The number of carbonyl (C=O) groups is 9. The molecule has 0 saturated heterocycles. The van der Waals surface area contributed by atoms with Crippen LogP contribution in [0.2, 0.25) is 0 Å². The molecule has 10 heteroatoms. The first-order valence-corrected chi connectivity index (χ1v) is 8.94. The van der Waals surface area contributed by atoms with Gasteiger partial charge in [0.2, 0.25) is 0 Å². The van der Waals surface area contributed by atoms with Crippen LogP contribution in [0.5, 0.6) is 0 Å². The van der Waals surface area contributed by atoms with Gasteiger partial charge in [-0.25, -0.2) is 0 Å². The molecule has 0 aromatic heterocycles.